The molecule has 1 aliphatic heterocycles. The van der Waals surface area contributed by atoms with Crippen molar-refractivity contribution >= 4 is 11.9 Å². The molecule has 0 aromatic carbocycles. The Hall–Kier alpha value is -1.14. The molecule has 6 heteroatoms. The second kappa shape index (κ2) is 7.47. The van der Waals surface area contributed by atoms with Crippen LogP contribution >= 0.6 is 0 Å². The molecule has 0 aromatic heterocycles. The van der Waals surface area contributed by atoms with Gasteiger partial charge in [0.1, 0.15) is 12.7 Å². The number of nitrogens with zero attached hydrogens (tertiary/aromatic N) is 1. The van der Waals surface area contributed by atoms with E-state index in [1.54, 1.807) is 0 Å². The highest BCUT2D eigenvalue weighted by molar-refractivity contribution is 5.78. The van der Waals surface area contributed by atoms with Crippen LogP contribution in [0.25, 0.3) is 0 Å². The highest BCUT2D eigenvalue weighted by Crippen LogP contribution is 2.40. The Bertz CT molecular complexity index is 507. The van der Waals surface area contributed by atoms with E-state index in [0.29, 0.717) is 6.54 Å². The van der Waals surface area contributed by atoms with Gasteiger partial charge in [-0.15, -0.1) is 0 Å². The number of hydrogen-bond donors (Lipinski definition) is 1. The first-order valence-corrected chi connectivity index (χ1v) is 9.35. The van der Waals surface area contributed by atoms with Crippen LogP contribution in [-0.2, 0) is 19.1 Å². The van der Waals surface area contributed by atoms with Crippen LogP contribution < -0.4 is 0 Å². The molecule has 1 saturated heterocycles. The van der Waals surface area contributed by atoms with Crippen molar-refractivity contribution in [3.05, 3.63) is 0 Å². The lowest BCUT2D eigenvalue weighted by atomic mass is 9.78. The molecule has 1 N–H and O–H groups in total. The zero-order valence-corrected chi connectivity index (χ0v) is 17.9. The smallest absolute Gasteiger partial charge is 0.337 e. The zero-order valence-electron chi connectivity index (χ0n) is 17.9. The van der Waals surface area contributed by atoms with Gasteiger partial charge in [0.05, 0.1) is 5.41 Å². The third-order valence-electron chi connectivity index (χ3n) is 4.85. The van der Waals surface area contributed by atoms with Crippen LogP contribution in [0, 0.1) is 5.41 Å². The summed E-state index contributed by atoms with van der Waals surface area (Å²) >= 11 is 0. The number of rotatable bonds is 5. The summed E-state index contributed by atoms with van der Waals surface area (Å²) in [5, 5.41) is 9.68. The second-order valence-electron chi connectivity index (χ2n) is 10.2. The Labute approximate surface area is 158 Å². The minimum absolute atomic E-state index is 0.137. The van der Waals surface area contributed by atoms with Gasteiger partial charge in [0.15, 0.2) is 5.60 Å². The molecule has 0 aromatic rings. The maximum atomic E-state index is 12.3. The van der Waals surface area contributed by atoms with Gasteiger partial charge in [-0.1, -0.05) is 0 Å². The van der Waals surface area contributed by atoms with Crippen molar-refractivity contribution in [3.8, 4) is 0 Å². The Kier molecular flexibility index (Phi) is 6.58. The summed E-state index contributed by atoms with van der Waals surface area (Å²) in [7, 11) is 0. The summed E-state index contributed by atoms with van der Waals surface area (Å²) in [6.07, 6.45) is 1.30. The number of carbonyl (C=O) groups excluding carboxylic acids is 2. The predicted octanol–water partition coefficient (Wildman–Crippen LogP) is 2.91. The van der Waals surface area contributed by atoms with Crippen LogP contribution in [0.2, 0.25) is 0 Å². The van der Waals surface area contributed by atoms with Gasteiger partial charge in [-0.3, -0.25) is 9.69 Å². The van der Waals surface area contributed by atoms with Crippen molar-refractivity contribution < 1.29 is 24.2 Å². The van der Waals surface area contributed by atoms with E-state index in [9.17, 15) is 14.7 Å². The minimum atomic E-state index is -1.49. The number of carbonyl (C=O) groups is 2. The SMILES string of the molecule is CC(C)(C)C(=O)OC1CC(C)(C)N(CCOC(=O)C(C)(C)O)C(C)(C)C1. The average molecular weight is 372 g/mol. The maximum absolute atomic E-state index is 12.3. The topological polar surface area (TPSA) is 76.1 Å². The quantitative estimate of drug-likeness (QED) is 0.749. The minimum Gasteiger partial charge on any atom is -0.462 e. The lowest BCUT2D eigenvalue weighted by Crippen LogP contribution is -2.63. The van der Waals surface area contributed by atoms with Crippen molar-refractivity contribution in [2.45, 2.75) is 97.9 Å². The normalized spacial score (nSPS) is 21.3. The van der Waals surface area contributed by atoms with Crippen LogP contribution in [0.3, 0.4) is 0 Å². The summed E-state index contributed by atoms with van der Waals surface area (Å²) in [6, 6.07) is 0. The van der Waals surface area contributed by atoms with E-state index < -0.39 is 17.0 Å². The fourth-order valence-electron chi connectivity index (χ4n) is 3.65. The predicted molar refractivity (Wildman–Crippen MR) is 101 cm³/mol. The molecule has 0 saturated carbocycles. The molecule has 0 amide bonds. The largest absolute Gasteiger partial charge is 0.462 e. The Balaban J connectivity index is 2.76. The van der Waals surface area contributed by atoms with Gasteiger partial charge < -0.3 is 14.6 Å². The molecular formula is C20H37NO5. The highest BCUT2D eigenvalue weighted by atomic mass is 16.6. The van der Waals surface area contributed by atoms with Crippen molar-refractivity contribution in [2.24, 2.45) is 5.41 Å². The van der Waals surface area contributed by atoms with Gasteiger partial charge in [0.2, 0.25) is 0 Å². The van der Waals surface area contributed by atoms with Crippen LogP contribution in [0.4, 0.5) is 0 Å². The van der Waals surface area contributed by atoms with E-state index in [2.05, 4.69) is 32.6 Å². The standard InChI is InChI=1S/C20H37NO5/c1-17(2,3)15(22)26-14-12-18(4,5)21(19(6,7)13-14)10-11-25-16(23)20(8,9)24/h14,24H,10-13H2,1-9H3. The summed E-state index contributed by atoms with van der Waals surface area (Å²) in [5.74, 6) is -0.802. The third-order valence-corrected chi connectivity index (χ3v) is 4.85. The average Bonchev–Trinajstić information content (AvgIpc) is 2.38. The number of piperidine rings is 1. The molecule has 1 heterocycles. The Morgan fingerprint density at radius 3 is 1.85 bits per heavy atom. The highest BCUT2D eigenvalue weighted by Gasteiger charge is 2.47. The molecule has 6 nitrogen and oxygen atoms in total. The molecule has 0 radical (unpaired) electrons. The third kappa shape index (κ3) is 5.95. The van der Waals surface area contributed by atoms with Crippen molar-refractivity contribution in [1.82, 2.24) is 4.90 Å². The number of ether oxygens (including phenoxy) is 2. The van der Waals surface area contributed by atoms with Gasteiger partial charge >= 0.3 is 11.9 Å². The number of likely N-dealkylation sites (tertiary alicyclic amines) is 1. The zero-order chi connectivity index (χ0) is 20.6. The molecule has 152 valence electrons. The van der Waals surface area contributed by atoms with Crippen LogP contribution in [0.5, 0.6) is 0 Å². The molecule has 0 bridgehead atoms. The number of hydrogen-bond acceptors (Lipinski definition) is 6. The van der Waals surface area contributed by atoms with Crippen LogP contribution in [-0.4, -0.2) is 57.9 Å². The number of esters is 2. The molecule has 0 unspecified atom stereocenters. The van der Waals surface area contributed by atoms with E-state index >= 15 is 0 Å². The monoisotopic (exact) mass is 371 g/mol. The second-order valence-corrected chi connectivity index (χ2v) is 10.2. The fraction of sp³-hybridized carbons (Fsp3) is 0.900. The van der Waals surface area contributed by atoms with Gasteiger partial charge in [0.25, 0.3) is 0 Å². The van der Waals surface area contributed by atoms with Crippen molar-refractivity contribution in [1.29, 1.82) is 0 Å². The fourth-order valence-corrected chi connectivity index (χ4v) is 3.65. The molecule has 1 rings (SSSR count). The Morgan fingerprint density at radius 2 is 1.46 bits per heavy atom. The lowest BCUT2D eigenvalue weighted by Gasteiger charge is -2.55. The summed E-state index contributed by atoms with van der Waals surface area (Å²) in [4.78, 5) is 26.3. The molecule has 26 heavy (non-hydrogen) atoms. The molecule has 1 aliphatic rings. The summed E-state index contributed by atoms with van der Waals surface area (Å²) in [6.45, 7) is 17.6. The number of aliphatic hydroxyl groups is 1. The van der Waals surface area contributed by atoms with Gasteiger partial charge in [-0.2, -0.15) is 0 Å². The van der Waals surface area contributed by atoms with E-state index in [4.69, 9.17) is 9.47 Å². The first-order valence-electron chi connectivity index (χ1n) is 9.35. The van der Waals surface area contributed by atoms with Crippen molar-refractivity contribution in [2.75, 3.05) is 13.2 Å². The van der Waals surface area contributed by atoms with E-state index in [-0.39, 0.29) is 29.8 Å². The van der Waals surface area contributed by atoms with Gasteiger partial charge in [0, 0.05) is 30.5 Å². The van der Waals surface area contributed by atoms with E-state index in [0.717, 1.165) is 12.8 Å². The van der Waals surface area contributed by atoms with E-state index in [1.165, 1.54) is 13.8 Å². The molecular weight excluding hydrogens is 334 g/mol. The first kappa shape index (κ1) is 22.9. The summed E-state index contributed by atoms with van der Waals surface area (Å²) < 4.78 is 11.0. The van der Waals surface area contributed by atoms with Crippen LogP contribution in [0.1, 0.15) is 75.2 Å². The first-order chi connectivity index (χ1) is 11.5. The molecule has 0 atom stereocenters. The van der Waals surface area contributed by atoms with Crippen molar-refractivity contribution in [3.63, 3.8) is 0 Å². The lowest BCUT2D eigenvalue weighted by molar-refractivity contribution is -0.173. The van der Waals surface area contributed by atoms with Gasteiger partial charge in [-0.25, -0.2) is 4.79 Å². The van der Waals surface area contributed by atoms with Gasteiger partial charge in [-0.05, 0) is 62.3 Å². The molecule has 1 fully saturated rings. The maximum Gasteiger partial charge on any atom is 0.337 e. The Morgan fingerprint density at radius 1 is 1.00 bits per heavy atom. The molecule has 0 aliphatic carbocycles. The molecule has 0 spiro atoms. The van der Waals surface area contributed by atoms with E-state index in [1.807, 2.05) is 20.8 Å². The summed E-state index contributed by atoms with van der Waals surface area (Å²) in [5.41, 5.74) is -2.44. The van der Waals surface area contributed by atoms with Crippen LogP contribution in [0.15, 0.2) is 0 Å².